The van der Waals surface area contributed by atoms with Crippen LogP contribution in [0.2, 0.25) is 0 Å². The third-order valence-corrected chi connectivity index (χ3v) is 3.81. The van der Waals surface area contributed by atoms with Gasteiger partial charge in [-0.25, -0.2) is 14.3 Å². The lowest BCUT2D eigenvalue weighted by Gasteiger charge is -2.09. The fourth-order valence-corrected chi connectivity index (χ4v) is 2.45. The molecule has 0 aliphatic rings. The van der Waals surface area contributed by atoms with Crippen LogP contribution in [0.5, 0.6) is 0 Å². The molecule has 0 aliphatic heterocycles. The molecule has 3 rings (SSSR count). The fraction of sp³-hybridized carbons (Fsp3) is 0.150. The average molecular weight is 364 g/mol. The van der Waals surface area contributed by atoms with Gasteiger partial charge < -0.3 is 15.4 Å². The largest absolute Gasteiger partial charge is 0.462 e. The van der Waals surface area contributed by atoms with Gasteiger partial charge in [0.05, 0.1) is 17.9 Å². The summed E-state index contributed by atoms with van der Waals surface area (Å²) in [5.74, 6) is -0.382. The minimum Gasteiger partial charge on any atom is -0.462 e. The molecule has 7 heteroatoms. The second-order valence-corrected chi connectivity index (χ2v) is 5.72. The molecule has 2 N–H and O–H groups in total. The molecule has 0 atom stereocenters. The van der Waals surface area contributed by atoms with E-state index in [2.05, 4.69) is 15.7 Å². The molecule has 0 fully saturated rings. The van der Waals surface area contributed by atoms with Crippen LogP contribution >= 0.6 is 0 Å². The summed E-state index contributed by atoms with van der Waals surface area (Å²) in [5, 5.41) is 9.70. The molecule has 0 bridgehead atoms. The maximum Gasteiger partial charge on any atom is 0.338 e. The van der Waals surface area contributed by atoms with Crippen molar-refractivity contribution in [3.63, 3.8) is 0 Å². The number of hydrogen-bond donors (Lipinski definition) is 2. The van der Waals surface area contributed by atoms with Gasteiger partial charge in [0.25, 0.3) is 0 Å². The van der Waals surface area contributed by atoms with Crippen LogP contribution in [0.1, 0.15) is 22.8 Å². The molecule has 1 heterocycles. The Kier molecular flexibility index (Phi) is 5.84. The van der Waals surface area contributed by atoms with Gasteiger partial charge in [0.1, 0.15) is 0 Å². The highest BCUT2D eigenvalue weighted by molar-refractivity contribution is 5.92. The standard InChI is InChI=1S/C20H20N4O3/c1-2-27-19(25)16-6-8-17(9-7-16)23-20(26)21-14-15-4-10-18(11-5-15)24-13-3-12-22-24/h3-13H,2,14H2,1H3,(H2,21,23,26). The lowest BCUT2D eigenvalue weighted by Crippen LogP contribution is -2.28. The molecule has 0 saturated carbocycles. The van der Waals surface area contributed by atoms with Crippen molar-refractivity contribution in [1.82, 2.24) is 15.1 Å². The van der Waals surface area contributed by atoms with Crippen LogP contribution in [-0.2, 0) is 11.3 Å². The number of rotatable bonds is 6. The number of carbonyl (C=O) groups excluding carboxylic acids is 2. The van der Waals surface area contributed by atoms with E-state index in [1.807, 2.05) is 36.5 Å². The van der Waals surface area contributed by atoms with Crippen LogP contribution in [0.4, 0.5) is 10.5 Å². The van der Waals surface area contributed by atoms with Crippen LogP contribution in [0.3, 0.4) is 0 Å². The number of ether oxygens (including phenoxy) is 1. The van der Waals surface area contributed by atoms with Gasteiger partial charge in [-0.1, -0.05) is 12.1 Å². The van der Waals surface area contributed by atoms with Gasteiger partial charge in [0.15, 0.2) is 0 Å². The molecule has 2 amide bonds. The van der Waals surface area contributed by atoms with Gasteiger partial charge in [-0.15, -0.1) is 0 Å². The second kappa shape index (κ2) is 8.66. The van der Waals surface area contributed by atoms with E-state index in [1.54, 1.807) is 42.1 Å². The highest BCUT2D eigenvalue weighted by Crippen LogP contribution is 2.11. The molecule has 0 unspecified atom stereocenters. The topological polar surface area (TPSA) is 85.2 Å². The van der Waals surface area contributed by atoms with Gasteiger partial charge in [-0.05, 0) is 55.0 Å². The zero-order chi connectivity index (χ0) is 19.1. The quantitative estimate of drug-likeness (QED) is 0.657. The maximum absolute atomic E-state index is 12.0. The van der Waals surface area contributed by atoms with Gasteiger partial charge in [0, 0.05) is 24.6 Å². The van der Waals surface area contributed by atoms with E-state index in [-0.39, 0.29) is 12.0 Å². The monoisotopic (exact) mass is 364 g/mol. The summed E-state index contributed by atoms with van der Waals surface area (Å²) < 4.78 is 6.69. The molecule has 0 spiro atoms. The highest BCUT2D eigenvalue weighted by Gasteiger charge is 2.07. The number of nitrogens with one attached hydrogen (secondary N) is 2. The zero-order valence-corrected chi connectivity index (χ0v) is 14.9. The molecule has 0 saturated heterocycles. The molecule has 1 aromatic heterocycles. The van der Waals surface area contributed by atoms with E-state index < -0.39 is 0 Å². The van der Waals surface area contributed by atoms with Crippen LogP contribution in [0.15, 0.2) is 67.0 Å². The number of anilines is 1. The molecule has 0 radical (unpaired) electrons. The van der Waals surface area contributed by atoms with Gasteiger partial charge in [-0.3, -0.25) is 0 Å². The Balaban J connectivity index is 1.50. The number of benzene rings is 2. The maximum atomic E-state index is 12.0. The lowest BCUT2D eigenvalue weighted by atomic mass is 10.2. The Morgan fingerprint density at radius 1 is 1.07 bits per heavy atom. The number of carbonyl (C=O) groups is 2. The Morgan fingerprint density at radius 3 is 2.44 bits per heavy atom. The normalized spacial score (nSPS) is 10.3. The van der Waals surface area contributed by atoms with E-state index in [4.69, 9.17) is 4.74 Å². The van der Waals surface area contributed by atoms with E-state index >= 15 is 0 Å². The molecular weight excluding hydrogens is 344 g/mol. The van der Waals surface area contributed by atoms with Gasteiger partial charge in [0.2, 0.25) is 0 Å². The van der Waals surface area contributed by atoms with Crippen LogP contribution in [0.25, 0.3) is 5.69 Å². The number of nitrogens with zero attached hydrogens (tertiary/aromatic N) is 2. The molecule has 138 valence electrons. The van der Waals surface area contributed by atoms with Crippen LogP contribution in [-0.4, -0.2) is 28.4 Å². The predicted molar refractivity (Wildman–Crippen MR) is 102 cm³/mol. The average Bonchev–Trinajstić information content (AvgIpc) is 3.22. The first-order chi connectivity index (χ1) is 13.2. The van der Waals surface area contributed by atoms with Crippen LogP contribution in [0, 0.1) is 0 Å². The van der Waals surface area contributed by atoms with E-state index in [1.165, 1.54) is 0 Å². The number of urea groups is 1. The number of aromatic nitrogens is 2. The third kappa shape index (κ3) is 4.94. The summed E-state index contributed by atoms with van der Waals surface area (Å²) in [6, 6.07) is 15.8. The lowest BCUT2D eigenvalue weighted by molar-refractivity contribution is 0.0526. The molecule has 0 aliphatic carbocycles. The van der Waals surface area contributed by atoms with Crippen molar-refractivity contribution < 1.29 is 14.3 Å². The zero-order valence-electron chi connectivity index (χ0n) is 14.9. The Labute approximate surface area is 157 Å². The third-order valence-electron chi connectivity index (χ3n) is 3.81. The van der Waals surface area contributed by atoms with E-state index in [9.17, 15) is 9.59 Å². The van der Waals surface area contributed by atoms with Crippen molar-refractivity contribution >= 4 is 17.7 Å². The summed E-state index contributed by atoms with van der Waals surface area (Å²) in [4.78, 5) is 23.6. The number of hydrogen-bond acceptors (Lipinski definition) is 4. The van der Waals surface area contributed by atoms with E-state index in [0.717, 1.165) is 11.3 Å². The fourth-order valence-electron chi connectivity index (χ4n) is 2.45. The van der Waals surface area contributed by atoms with Crippen molar-refractivity contribution in [1.29, 1.82) is 0 Å². The van der Waals surface area contributed by atoms with Crippen molar-refractivity contribution in [3.8, 4) is 5.69 Å². The first-order valence-corrected chi connectivity index (χ1v) is 8.56. The Morgan fingerprint density at radius 2 is 1.81 bits per heavy atom. The van der Waals surface area contributed by atoms with Gasteiger partial charge >= 0.3 is 12.0 Å². The Hall–Kier alpha value is -3.61. The van der Waals surface area contributed by atoms with Crippen LogP contribution < -0.4 is 10.6 Å². The second-order valence-electron chi connectivity index (χ2n) is 5.72. The van der Waals surface area contributed by atoms with Crippen molar-refractivity contribution in [3.05, 3.63) is 78.1 Å². The summed E-state index contributed by atoms with van der Waals surface area (Å²) in [6.07, 6.45) is 3.59. The smallest absolute Gasteiger partial charge is 0.338 e. The SMILES string of the molecule is CCOC(=O)c1ccc(NC(=O)NCc2ccc(-n3cccn3)cc2)cc1. The van der Waals surface area contributed by atoms with Crippen molar-refractivity contribution in [2.45, 2.75) is 13.5 Å². The first-order valence-electron chi connectivity index (χ1n) is 8.56. The summed E-state index contributed by atoms with van der Waals surface area (Å²) in [7, 11) is 0. The molecule has 7 nitrogen and oxygen atoms in total. The summed E-state index contributed by atoms with van der Waals surface area (Å²) >= 11 is 0. The van der Waals surface area contributed by atoms with Crippen molar-refractivity contribution in [2.75, 3.05) is 11.9 Å². The summed E-state index contributed by atoms with van der Waals surface area (Å²) in [6.45, 7) is 2.47. The number of amides is 2. The van der Waals surface area contributed by atoms with E-state index in [0.29, 0.717) is 24.4 Å². The highest BCUT2D eigenvalue weighted by atomic mass is 16.5. The van der Waals surface area contributed by atoms with Crippen molar-refractivity contribution in [2.24, 2.45) is 0 Å². The first kappa shape index (κ1) is 18.2. The minimum atomic E-state index is -0.382. The predicted octanol–water partition coefficient (Wildman–Crippen LogP) is 3.37. The molecular formula is C20H20N4O3. The minimum absolute atomic E-state index is 0.324. The molecule has 2 aromatic carbocycles. The summed E-state index contributed by atoms with van der Waals surface area (Å²) in [5.41, 5.74) is 2.96. The molecule has 27 heavy (non-hydrogen) atoms. The van der Waals surface area contributed by atoms with Gasteiger partial charge in [-0.2, -0.15) is 5.10 Å². The number of esters is 1. The Bertz CT molecular complexity index is 888. The molecule has 3 aromatic rings.